The highest BCUT2D eigenvalue weighted by Gasteiger charge is 2.25. The summed E-state index contributed by atoms with van der Waals surface area (Å²) in [4.78, 5) is 2.68. The Kier molecular flexibility index (Phi) is 6.35. The van der Waals surface area contributed by atoms with Gasteiger partial charge in [0.05, 0.1) is 12.0 Å². The van der Waals surface area contributed by atoms with Gasteiger partial charge in [0.2, 0.25) is 9.84 Å². The van der Waals surface area contributed by atoms with Crippen LogP contribution in [0.1, 0.15) is 27.8 Å². The highest BCUT2D eigenvalue weighted by molar-refractivity contribution is 7.91. The van der Waals surface area contributed by atoms with Crippen LogP contribution in [-0.4, -0.2) is 40.6 Å². The first-order valence-electron chi connectivity index (χ1n) is 10.8. The van der Waals surface area contributed by atoms with E-state index in [-0.39, 0.29) is 15.6 Å². The predicted octanol–water partition coefficient (Wildman–Crippen LogP) is 4.60. The normalized spacial score (nSPS) is 14.6. The molecule has 4 nitrogen and oxygen atoms in total. The van der Waals surface area contributed by atoms with E-state index in [4.69, 9.17) is 4.74 Å². The van der Waals surface area contributed by atoms with Gasteiger partial charge in [-0.1, -0.05) is 24.3 Å². The zero-order chi connectivity index (χ0) is 22.9. The largest absolute Gasteiger partial charge is 0.495 e. The highest BCUT2D eigenvalue weighted by atomic mass is 32.2. The Morgan fingerprint density at radius 1 is 0.938 bits per heavy atom. The molecule has 32 heavy (non-hydrogen) atoms. The molecule has 0 fully saturated rings. The van der Waals surface area contributed by atoms with Crippen molar-refractivity contribution in [2.45, 2.75) is 36.0 Å². The Balaban J connectivity index is 1.64. The van der Waals surface area contributed by atoms with Crippen molar-refractivity contribution < 1.29 is 17.5 Å². The summed E-state index contributed by atoms with van der Waals surface area (Å²) in [6.45, 7) is 3.56. The van der Waals surface area contributed by atoms with Gasteiger partial charge in [0, 0.05) is 13.1 Å². The topological polar surface area (TPSA) is 46.6 Å². The molecule has 0 spiro atoms. The van der Waals surface area contributed by atoms with Gasteiger partial charge in [-0.25, -0.2) is 12.8 Å². The Hall–Kier alpha value is -2.70. The number of likely N-dealkylation sites (N-methyl/N-ethyl adjacent to an activating group) is 1. The molecular weight excluding hydrogens is 425 g/mol. The van der Waals surface area contributed by atoms with Gasteiger partial charge < -0.3 is 9.64 Å². The summed E-state index contributed by atoms with van der Waals surface area (Å²) in [6.07, 6.45) is 2.22. The number of benzene rings is 3. The quantitative estimate of drug-likeness (QED) is 0.567. The predicted molar refractivity (Wildman–Crippen MR) is 124 cm³/mol. The van der Waals surface area contributed by atoms with Crippen LogP contribution in [0.2, 0.25) is 0 Å². The summed E-state index contributed by atoms with van der Waals surface area (Å²) in [6, 6.07) is 15.6. The second kappa shape index (κ2) is 9.04. The molecule has 0 atom stereocenters. The lowest BCUT2D eigenvalue weighted by Gasteiger charge is -2.15. The van der Waals surface area contributed by atoms with Gasteiger partial charge >= 0.3 is 0 Å². The molecule has 1 aliphatic rings. The van der Waals surface area contributed by atoms with Crippen LogP contribution in [0, 0.1) is 12.7 Å². The first-order valence-corrected chi connectivity index (χ1v) is 12.2. The average molecular weight is 454 g/mol. The van der Waals surface area contributed by atoms with E-state index in [1.54, 1.807) is 43.3 Å². The number of aryl methyl sites for hydroxylation is 1. The number of ether oxygens (including phenoxy) is 1. The summed E-state index contributed by atoms with van der Waals surface area (Å²) in [7, 11) is -0.157. The average Bonchev–Trinajstić information content (AvgIpc) is 2.97. The molecule has 0 N–H and O–H groups in total. The standard InChI is InChI=1S/C26H28FNO3S/c1-18-4-5-20(15-24(18)27)14-19-6-8-23(9-7-19)32(29,30)26-17-22-11-13-28(2)12-10-21(22)16-25(26)31-3/h4-9,15-17H,10-14H2,1-3H3. The molecular formula is C26H28FNO3S. The maximum atomic E-state index is 13.8. The molecule has 0 saturated carbocycles. The SMILES string of the molecule is COc1cc2c(cc1S(=O)(=O)c1ccc(Cc3ccc(C)c(F)c3)cc1)CCN(C)CC2. The molecule has 1 heterocycles. The van der Waals surface area contributed by atoms with Crippen LogP contribution in [0.25, 0.3) is 0 Å². The molecule has 6 heteroatoms. The van der Waals surface area contributed by atoms with E-state index < -0.39 is 9.84 Å². The van der Waals surface area contributed by atoms with Crippen molar-refractivity contribution in [3.63, 3.8) is 0 Å². The van der Waals surface area contributed by atoms with Gasteiger partial charge in [-0.3, -0.25) is 0 Å². The Morgan fingerprint density at radius 2 is 1.56 bits per heavy atom. The lowest BCUT2D eigenvalue weighted by molar-refractivity contribution is 0.352. The van der Waals surface area contributed by atoms with Gasteiger partial charge in [-0.15, -0.1) is 0 Å². The van der Waals surface area contributed by atoms with E-state index in [0.717, 1.165) is 48.2 Å². The number of fused-ring (bicyclic) bond motifs is 1. The maximum absolute atomic E-state index is 13.8. The molecule has 0 aromatic heterocycles. The third-order valence-corrected chi connectivity index (χ3v) is 7.97. The van der Waals surface area contributed by atoms with E-state index in [1.165, 1.54) is 13.2 Å². The van der Waals surface area contributed by atoms with Gasteiger partial charge in [0.25, 0.3) is 0 Å². The van der Waals surface area contributed by atoms with Crippen molar-refractivity contribution in [1.82, 2.24) is 4.90 Å². The van der Waals surface area contributed by atoms with Crippen LogP contribution in [0.3, 0.4) is 0 Å². The number of sulfone groups is 1. The van der Waals surface area contributed by atoms with Crippen LogP contribution in [-0.2, 0) is 29.1 Å². The first kappa shape index (κ1) is 22.5. The Labute approximate surface area is 189 Å². The monoisotopic (exact) mass is 453 g/mol. The second-order valence-corrected chi connectivity index (χ2v) is 10.4. The summed E-state index contributed by atoms with van der Waals surface area (Å²) < 4.78 is 46.2. The third-order valence-electron chi connectivity index (χ3n) is 6.18. The first-order chi connectivity index (χ1) is 15.3. The zero-order valence-electron chi connectivity index (χ0n) is 18.7. The van der Waals surface area contributed by atoms with Gasteiger partial charge in [-0.2, -0.15) is 0 Å². The van der Waals surface area contributed by atoms with Crippen molar-refractivity contribution in [1.29, 1.82) is 0 Å². The fraction of sp³-hybridized carbons (Fsp3) is 0.308. The second-order valence-electron chi connectivity index (χ2n) is 8.48. The number of rotatable bonds is 5. The molecule has 168 valence electrons. The third kappa shape index (κ3) is 4.57. The zero-order valence-corrected chi connectivity index (χ0v) is 19.5. The summed E-state index contributed by atoms with van der Waals surface area (Å²) in [5, 5.41) is 0. The maximum Gasteiger partial charge on any atom is 0.210 e. The number of hydrogen-bond donors (Lipinski definition) is 0. The minimum absolute atomic E-state index is 0.205. The van der Waals surface area contributed by atoms with E-state index in [9.17, 15) is 12.8 Å². The van der Waals surface area contributed by atoms with E-state index >= 15 is 0 Å². The van der Waals surface area contributed by atoms with Crippen LogP contribution < -0.4 is 4.74 Å². The Morgan fingerprint density at radius 3 is 2.19 bits per heavy atom. The molecule has 3 aromatic carbocycles. The summed E-state index contributed by atoms with van der Waals surface area (Å²) in [5.74, 6) is 0.149. The molecule has 0 amide bonds. The fourth-order valence-corrected chi connectivity index (χ4v) is 5.56. The van der Waals surface area contributed by atoms with Gasteiger partial charge in [0.15, 0.2) is 0 Å². The minimum atomic E-state index is -3.74. The van der Waals surface area contributed by atoms with Crippen molar-refractivity contribution in [3.8, 4) is 5.75 Å². The van der Waals surface area contributed by atoms with E-state index in [0.29, 0.717) is 17.7 Å². The van der Waals surface area contributed by atoms with Gasteiger partial charge in [-0.05, 0) is 91.4 Å². The van der Waals surface area contributed by atoms with E-state index in [2.05, 4.69) is 11.9 Å². The van der Waals surface area contributed by atoms with Crippen LogP contribution in [0.4, 0.5) is 4.39 Å². The molecule has 0 radical (unpaired) electrons. The smallest absolute Gasteiger partial charge is 0.210 e. The minimum Gasteiger partial charge on any atom is -0.495 e. The lowest BCUT2D eigenvalue weighted by Crippen LogP contribution is -2.20. The molecule has 4 rings (SSSR count). The Bertz CT molecular complexity index is 1240. The van der Waals surface area contributed by atoms with Crippen LogP contribution in [0.5, 0.6) is 5.75 Å². The van der Waals surface area contributed by atoms with E-state index in [1.807, 2.05) is 12.1 Å². The fourth-order valence-electron chi connectivity index (χ4n) is 4.11. The number of halogens is 1. The van der Waals surface area contributed by atoms with Crippen molar-refractivity contribution >= 4 is 9.84 Å². The van der Waals surface area contributed by atoms with Crippen molar-refractivity contribution in [2.24, 2.45) is 0 Å². The number of nitrogens with zero attached hydrogens (tertiary/aromatic N) is 1. The van der Waals surface area contributed by atoms with Crippen LogP contribution >= 0.6 is 0 Å². The molecule has 0 aliphatic carbocycles. The van der Waals surface area contributed by atoms with Gasteiger partial charge in [0.1, 0.15) is 16.5 Å². The van der Waals surface area contributed by atoms with Crippen molar-refractivity contribution in [3.05, 3.63) is 88.2 Å². The number of hydrogen-bond acceptors (Lipinski definition) is 4. The number of methoxy groups -OCH3 is 1. The lowest BCUT2D eigenvalue weighted by atomic mass is 10.0. The molecule has 3 aromatic rings. The molecule has 0 bridgehead atoms. The molecule has 1 aliphatic heterocycles. The van der Waals surface area contributed by atoms with Crippen molar-refractivity contribution in [2.75, 3.05) is 27.2 Å². The highest BCUT2D eigenvalue weighted by Crippen LogP contribution is 2.33. The van der Waals surface area contributed by atoms with Crippen LogP contribution in [0.15, 0.2) is 64.4 Å². The molecule has 0 saturated heterocycles. The summed E-state index contributed by atoms with van der Waals surface area (Å²) in [5.41, 5.74) is 4.58. The molecule has 0 unspecified atom stereocenters. The summed E-state index contributed by atoms with van der Waals surface area (Å²) >= 11 is 0.